The van der Waals surface area contributed by atoms with Crippen LogP contribution in [-0.4, -0.2) is 17.4 Å². The van der Waals surface area contributed by atoms with Crippen molar-refractivity contribution >= 4 is 46.1 Å². The maximum absolute atomic E-state index is 12.4. The van der Waals surface area contributed by atoms with Gasteiger partial charge < -0.3 is 9.73 Å². The van der Waals surface area contributed by atoms with Gasteiger partial charge in [-0.05, 0) is 35.7 Å². The lowest BCUT2D eigenvalue weighted by molar-refractivity contribution is -0.116. The summed E-state index contributed by atoms with van der Waals surface area (Å²) in [5.41, 5.74) is 0.455. The number of furan rings is 1. The largest absolute Gasteiger partial charge is 0.468 e. The van der Waals surface area contributed by atoms with E-state index in [1.807, 2.05) is 23.6 Å². The van der Waals surface area contributed by atoms with Crippen LogP contribution in [0.25, 0.3) is 0 Å². The molecule has 136 valence electrons. The van der Waals surface area contributed by atoms with Crippen LogP contribution >= 0.6 is 34.5 Å². The molecule has 0 bridgehead atoms. The Morgan fingerprint density at radius 3 is 2.54 bits per heavy atom. The van der Waals surface area contributed by atoms with E-state index < -0.39 is 0 Å². The Balaban J connectivity index is 1.60. The molecule has 2 aromatic heterocycles. The van der Waals surface area contributed by atoms with Crippen molar-refractivity contribution in [2.45, 2.75) is 19.5 Å². The first-order valence-electron chi connectivity index (χ1n) is 8.13. The van der Waals surface area contributed by atoms with Crippen LogP contribution in [0.5, 0.6) is 0 Å². The lowest BCUT2D eigenvalue weighted by atomic mass is 10.2. The molecule has 1 amide bonds. The lowest BCUT2D eigenvalue weighted by Gasteiger charge is -2.20. The molecule has 1 N–H and O–H groups in total. The highest BCUT2D eigenvalue weighted by molar-refractivity contribution is 7.09. The fourth-order valence-corrected chi connectivity index (χ4v) is 3.78. The highest BCUT2D eigenvalue weighted by Gasteiger charge is 2.14. The molecule has 2 heterocycles. The first kappa shape index (κ1) is 19.0. The van der Waals surface area contributed by atoms with Crippen molar-refractivity contribution in [2.24, 2.45) is 0 Å². The van der Waals surface area contributed by atoms with E-state index in [9.17, 15) is 4.79 Å². The molecule has 0 aliphatic heterocycles. The minimum absolute atomic E-state index is 0.129. The van der Waals surface area contributed by atoms with E-state index in [-0.39, 0.29) is 5.91 Å². The highest BCUT2D eigenvalue weighted by atomic mass is 35.5. The van der Waals surface area contributed by atoms with E-state index >= 15 is 0 Å². The molecule has 3 rings (SSSR count). The number of nitrogens with one attached hydrogen (secondary N) is 1. The Hall–Kier alpha value is -1.79. The Morgan fingerprint density at radius 2 is 1.88 bits per heavy atom. The van der Waals surface area contributed by atoms with Crippen molar-refractivity contribution in [1.29, 1.82) is 0 Å². The Morgan fingerprint density at radius 1 is 1.08 bits per heavy atom. The summed E-state index contributed by atoms with van der Waals surface area (Å²) in [5, 5.41) is 5.70. The summed E-state index contributed by atoms with van der Waals surface area (Å²) in [7, 11) is 0. The molecule has 0 atom stereocenters. The number of hydrogen-bond donors (Lipinski definition) is 1. The van der Waals surface area contributed by atoms with Gasteiger partial charge in [-0.25, -0.2) is 0 Å². The van der Waals surface area contributed by atoms with Gasteiger partial charge in [0, 0.05) is 24.4 Å². The van der Waals surface area contributed by atoms with Crippen molar-refractivity contribution in [3.8, 4) is 0 Å². The summed E-state index contributed by atoms with van der Waals surface area (Å²) in [4.78, 5) is 15.8. The fraction of sp³-hybridized carbons (Fsp3) is 0.211. The first-order chi connectivity index (χ1) is 12.6. The minimum Gasteiger partial charge on any atom is -0.468 e. The zero-order valence-corrected chi connectivity index (χ0v) is 16.3. The van der Waals surface area contributed by atoms with Gasteiger partial charge in [0.05, 0.1) is 28.5 Å². The van der Waals surface area contributed by atoms with Gasteiger partial charge in [0.15, 0.2) is 0 Å². The molecule has 0 unspecified atom stereocenters. The number of benzene rings is 1. The van der Waals surface area contributed by atoms with Gasteiger partial charge in [-0.1, -0.05) is 35.3 Å². The van der Waals surface area contributed by atoms with E-state index in [4.69, 9.17) is 27.6 Å². The van der Waals surface area contributed by atoms with E-state index in [0.717, 1.165) is 12.3 Å². The third-order valence-corrected chi connectivity index (χ3v) is 5.29. The van der Waals surface area contributed by atoms with Crippen LogP contribution in [0.3, 0.4) is 0 Å². The van der Waals surface area contributed by atoms with E-state index in [1.165, 1.54) is 4.88 Å². The van der Waals surface area contributed by atoms with Crippen molar-refractivity contribution in [3.05, 3.63) is 74.8 Å². The molecular formula is C19H18Cl2N2O2S. The van der Waals surface area contributed by atoms with Gasteiger partial charge in [0.1, 0.15) is 5.76 Å². The fourth-order valence-electron chi connectivity index (χ4n) is 2.54. The molecule has 7 heteroatoms. The SMILES string of the molecule is O=C(CCN(Cc1ccco1)Cc1cccs1)Nc1c(Cl)cccc1Cl. The second kappa shape index (κ2) is 9.24. The number of halogens is 2. The van der Waals surface area contributed by atoms with Crippen LogP contribution in [0.1, 0.15) is 17.1 Å². The number of nitrogens with zero attached hydrogens (tertiary/aromatic N) is 1. The zero-order chi connectivity index (χ0) is 18.4. The number of carbonyl (C=O) groups excluding carboxylic acids is 1. The molecular weight excluding hydrogens is 391 g/mol. The van der Waals surface area contributed by atoms with Crippen LogP contribution in [0.15, 0.2) is 58.5 Å². The summed E-state index contributed by atoms with van der Waals surface area (Å²) in [6.07, 6.45) is 1.98. The Bertz CT molecular complexity index is 779. The van der Waals surface area contributed by atoms with Gasteiger partial charge in [-0.2, -0.15) is 0 Å². The number of anilines is 1. The van der Waals surface area contributed by atoms with Gasteiger partial charge in [-0.15, -0.1) is 11.3 Å². The topological polar surface area (TPSA) is 45.5 Å². The molecule has 4 nitrogen and oxygen atoms in total. The van der Waals surface area contributed by atoms with Crippen LogP contribution in [0, 0.1) is 0 Å². The summed E-state index contributed by atoms with van der Waals surface area (Å²) in [6.45, 7) is 2.00. The quantitative estimate of drug-likeness (QED) is 0.521. The smallest absolute Gasteiger partial charge is 0.225 e. The zero-order valence-electron chi connectivity index (χ0n) is 14.0. The number of hydrogen-bond acceptors (Lipinski definition) is 4. The number of para-hydroxylation sites is 1. The monoisotopic (exact) mass is 408 g/mol. The average molecular weight is 409 g/mol. The molecule has 1 aromatic carbocycles. The van der Waals surface area contributed by atoms with Crippen molar-refractivity contribution in [2.75, 3.05) is 11.9 Å². The molecule has 0 aliphatic rings. The maximum Gasteiger partial charge on any atom is 0.225 e. The number of rotatable bonds is 8. The second-order valence-corrected chi connectivity index (χ2v) is 7.61. The summed E-state index contributed by atoms with van der Waals surface area (Å²) in [6, 6.07) is 13.1. The predicted molar refractivity (Wildman–Crippen MR) is 107 cm³/mol. The molecule has 0 spiro atoms. The minimum atomic E-state index is -0.129. The molecule has 0 saturated heterocycles. The van der Waals surface area contributed by atoms with Crippen molar-refractivity contribution in [1.82, 2.24) is 4.90 Å². The summed E-state index contributed by atoms with van der Waals surface area (Å²) in [5.74, 6) is 0.742. The molecule has 0 radical (unpaired) electrons. The molecule has 0 fully saturated rings. The summed E-state index contributed by atoms with van der Waals surface area (Å²) < 4.78 is 5.44. The first-order valence-corrected chi connectivity index (χ1v) is 9.76. The number of thiophene rings is 1. The Kier molecular flexibility index (Phi) is 6.74. The number of amides is 1. The maximum atomic E-state index is 12.4. The second-order valence-electron chi connectivity index (χ2n) is 5.76. The van der Waals surface area contributed by atoms with Crippen LogP contribution in [0.2, 0.25) is 10.0 Å². The molecule has 26 heavy (non-hydrogen) atoms. The standard InChI is InChI=1S/C19H18Cl2N2O2S/c20-16-6-1-7-17(21)19(16)22-18(24)8-9-23(12-14-4-2-10-25-14)13-15-5-3-11-26-15/h1-7,10-11H,8-9,12-13H2,(H,22,24). The van der Waals surface area contributed by atoms with Crippen molar-refractivity contribution < 1.29 is 9.21 Å². The van der Waals surface area contributed by atoms with E-state index in [2.05, 4.69) is 16.3 Å². The molecule has 0 aliphatic carbocycles. The van der Waals surface area contributed by atoms with Crippen LogP contribution in [0.4, 0.5) is 5.69 Å². The molecule has 0 saturated carbocycles. The Labute approximate surface area is 166 Å². The van der Waals surface area contributed by atoms with Gasteiger partial charge in [0.25, 0.3) is 0 Å². The molecule has 3 aromatic rings. The van der Waals surface area contributed by atoms with E-state index in [0.29, 0.717) is 35.2 Å². The van der Waals surface area contributed by atoms with Crippen molar-refractivity contribution in [3.63, 3.8) is 0 Å². The van der Waals surface area contributed by atoms with Gasteiger partial charge >= 0.3 is 0 Å². The van der Waals surface area contributed by atoms with Crippen LogP contribution in [-0.2, 0) is 17.9 Å². The lowest BCUT2D eigenvalue weighted by Crippen LogP contribution is -2.27. The normalized spacial score (nSPS) is 11.0. The third-order valence-electron chi connectivity index (χ3n) is 3.80. The highest BCUT2D eigenvalue weighted by Crippen LogP contribution is 2.29. The van der Waals surface area contributed by atoms with Gasteiger partial charge in [-0.3, -0.25) is 9.69 Å². The van der Waals surface area contributed by atoms with Crippen LogP contribution < -0.4 is 5.32 Å². The third kappa shape index (κ3) is 5.35. The van der Waals surface area contributed by atoms with E-state index in [1.54, 1.807) is 35.8 Å². The summed E-state index contributed by atoms with van der Waals surface area (Å²) >= 11 is 13.9. The van der Waals surface area contributed by atoms with Gasteiger partial charge in [0.2, 0.25) is 5.91 Å². The average Bonchev–Trinajstić information content (AvgIpc) is 3.30. The predicted octanol–water partition coefficient (Wildman–Crippen LogP) is 5.68. The number of carbonyl (C=O) groups is 1.